The number of hydrogen-bond acceptors (Lipinski definition) is 2. The summed E-state index contributed by atoms with van der Waals surface area (Å²) < 4.78 is 87.7. The summed E-state index contributed by atoms with van der Waals surface area (Å²) in [6.45, 7) is 8.23. The first kappa shape index (κ1) is 27.2. The highest BCUT2D eigenvalue weighted by atomic mass is 28.4. The van der Waals surface area contributed by atoms with Crippen molar-refractivity contribution in [2.75, 3.05) is 0 Å². The summed E-state index contributed by atoms with van der Waals surface area (Å²) in [7, 11) is -3.22. The van der Waals surface area contributed by atoms with Gasteiger partial charge in [0.25, 0.3) is 5.60 Å². The molecule has 0 bridgehead atoms. The number of halogens is 6. The van der Waals surface area contributed by atoms with Crippen LogP contribution in [0.1, 0.15) is 60.3 Å². The molecule has 0 rings (SSSR count). The van der Waals surface area contributed by atoms with Crippen LogP contribution >= 0.6 is 0 Å². The average Bonchev–Trinajstić information content (AvgIpc) is 2.56. The van der Waals surface area contributed by atoms with Gasteiger partial charge in [-0.1, -0.05) is 40.7 Å². The first-order valence-corrected chi connectivity index (χ1v) is 12.1. The Morgan fingerprint density at radius 1 is 0.893 bits per heavy atom. The molecule has 0 heterocycles. The van der Waals surface area contributed by atoms with E-state index in [9.17, 15) is 31.1 Å². The largest absolute Gasteiger partial charge is 0.429 e. The van der Waals surface area contributed by atoms with Gasteiger partial charge in [-0.15, -0.1) is 0 Å². The second-order valence-electron chi connectivity index (χ2n) is 7.91. The fourth-order valence-electron chi connectivity index (χ4n) is 3.12. The van der Waals surface area contributed by atoms with Gasteiger partial charge in [-0.3, -0.25) is 0 Å². The molecule has 0 aromatic heterocycles. The minimum Gasteiger partial charge on any atom is -0.393 e. The predicted molar refractivity (Wildman–Crippen MR) is 101 cm³/mol. The lowest BCUT2D eigenvalue weighted by molar-refractivity contribution is -0.341. The van der Waals surface area contributed by atoms with Gasteiger partial charge in [0.1, 0.15) is 6.29 Å². The zero-order valence-electron chi connectivity index (χ0n) is 17.3. The monoisotopic (exact) mass is 434 g/mol. The van der Waals surface area contributed by atoms with Crippen LogP contribution in [-0.4, -0.2) is 32.6 Å². The van der Waals surface area contributed by atoms with Gasteiger partial charge in [0, 0.05) is 6.42 Å². The molecule has 0 aliphatic heterocycles. The van der Waals surface area contributed by atoms with Crippen molar-refractivity contribution in [2.24, 2.45) is 5.41 Å². The Labute approximate surface area is 164 Å². The molecule has 0 N–H and O–H groups in total. The van der Waals surface area contributed by atoms with E-state index in [1.807, 2.05) is 0 Å². The van der Waals surface area contributed by atoms with E-state index in [4.69, 9.17) is 4.43 Å². The number of aldehydes is 1. The number of carbonyl (C=O) groups excluding carboxylic acids is 1. The first-order chi connectivity index (χ1) is 12.7. The van der Waals surface area contributed by atoms with Gasteiger partial charge in [-0.05, 0) is 48.9 Å². The summed E-state index contributed by atoms with van der Waals surface area (Å²) in [6, 6.07) is 0.497. The standard InChI is InChI=1S/C19H32F6O2Si/c1-6-28(7-2,8-3)27-17(18(20,21)22,19(23,24)25)14-11-13-16(4,5)12-9-10-15-26/h11,14-15H,6-10,12-13H2,1-5H3. The third-order valence-corrected chi connectivity index (χ3v) is 9.97. The number of allylic oxidation sites excluding steroid dienone is 1. The third-order valence-electron chi connectivity index (χ3n) is 5.35. The van der Waals surface area contributed by atoms with Crippen LogP contribution in [0.25, 0.3) is 0 Å². The topological polar surface area (TPSA) is 26.3 Å². The Balaban J connectivity index is 5.96. The van der Waals surface area contributed by atoms with Gasteiger partial charge in [-0.25, -0.2) is 0 Å². The summed E-state index contributed by atoms with van der Waals surface area (Å²) in [6.07, 6.45) is -8.04. The molecule has 0 aliphatic carbocycles. The molecule has 0 unspecified atom stereocenters. The zero-order valence-corrected chi connectivity index (χ0v) is 18.3. The molecule has 0 spiro atoms. The molecule has 0 aliphatic rings. The van der Waals surface area contributed by atoms with Crippen LogP contribution in [-0.2, 0) is 9.22 Å². The highest BCUT2D eigenvalue weighted by Crippen LogP contribution is 2.50. The van der Waals surface area contributed by atoms with E-state index in [-0.39, 0.29) is 30.6 Å². The normalized spacial score (nSPS) is 14.7. The van der Waals surface area contributed by atoms with Crippen LogP contribution in [0.5, 0.6) is 0 Å². The lowest BCUT2D eigenvalue weighted by atomic mass is 9.83. The number of unbranched alkanes of at least 4 members (excludes halogenated alkanes) is 1. The smallest absolute Gasteiger partial charge is 0.393 e. The van der Waals surface area contributed by atoms with Crippen molar-refractivity contribution in [3.8, 4) is 0 Å². The van der Waals surface area contributed by atoms with Crippen LogP contribution in [0.2, 0.25) is 18.1 Å². The number of alkyl halides is 6. The van der Waals surface area contributed by atoms with E-state index in [0.717, 1.165) is 12.4 Å². The molecule has 0 aromatic rings. The highest BCUT2D eigenvalue weighted by Gasteiger charge is 2.72. The zero-order chi connectivity index (χ0) is 22.3. The fraction of sp³-hybridized carbons (Fsp3) is 0.842. The van der Waals surface area contributed by atoms with E-state index < -0.39 is 31.7 Å². The van der Waals surface area contributed by atoms with Gasteiger partial charge >= 0.3 is 12.4 Å². The van der Waals surface area contributed by atoms with Crippen LogP contribution in [0.4, 0.5) is 26.3 Å². The maximum atomic E-state index is 13.8. The van der Waals surface area contributed by atoms with Crippen molar-refractivity contribution in [1.29, 1.82) is 0 Å². The Morgan fingerprint density at radius 3 is 1.71 bits per heavy atom. The van der Waals surface area contributed by atoms with E-state index in [2.05, 4.69) is 0 Å². The van der Waals surface area contributed by atoms with Gasteiger partial charge in [-0.2, -0.15) is 26.3 Å². The second-order valence-corrected chi connectivity index (χ2v) is 12.6. The maximum Gasteiger partial charge on any atom is 0.429 e. The van der Waals surface area contributed by atoms with Crippen molar-refractivity contribution in [3.05, 3.63) is 12.2 Å². The van der Waals surface area contributed by atoms with Gasteiger partial charge in [0.15, 0.2) is 8.32 Å². The molecule has 166 valence electrons. The molecular weight excluding hydrogens is 402 g/mol. The van der Waals surface area contributed by atoms with Crippen LogP contribution < -0.4 is 0 Å². The molecule has 0 aromatic carbocycles. The lowest BCUT2D eigenvalue weighted by Crippen LogP contribution is -2.62. The Morgan fingerprint density at radius 2 is 1.36 bits per heavy atom. The summed E-state index contributed by atoms with van der Waals surface area (Å²) in [5.41, 5.74) is -4.83. The second kappa shape index (κ2) is 10.3. The minimum atomic E-state index is -5.62. The summed E-state index contributed by atoms with van der Waals surface area (Å²) >= 11 is 0. The summed E-state index contributed by atoms with van der Waals surface area (Å²) in [4.78, 5) is 10.4. The molecule has 28 heavy (non-hydrogen) atoms. The van der Waals surface area contributed by atoms with Crippen molar-refractivity contribution < 1.29 is 35.6 Å². The van der Waals surface area contributed by atoms with Crippen molar-refractivity contribution >= 4 is 14.6 Å². The quantitative estimate of drug-likeness (QED) is 0.107. The predicted octanol–water partition coefficient (Wildman–Crippen LogP) is 7.21. The molecule has 0 amide bonds. The van der Waals surface area contributed by atoms with E-state index >= 15 is 0 Å². The summed E-state index contributed by atoms with van der Waals surface area (Å²) in [5, 5.41) is 0. The molecule has 9 heteroatoms. The van der Waals surface area contributed by atoms with E-state index in [1.165, 1.54) is 0 Å². The molecule has 0 fully saturated rings. The number of rotatable bonds is 12. The SMILES string of the molecule is CC[Si](CC)(CC)OC(C=CCC(C)(C)CCCC=O)(C(F)(F)F)C(F)(F)F. The van der Waals surface area contributed by atoms with Gasteiger partial charge < -0.3 is 9.22 Å². The highest BCUT2D eigenvalue weighted by molar-refractivity contribution is 6.73. The Bertz CT molecular complexity index is 485. The fourth-order valence-corrected chi connectivity index (χ4v) is 6.03. The van der Waals surface area contributed by atoms with Crippen LogP contribution in [0, 0.1) is 5.41 Å². The minimum absolute atomic E-state index is 0.0159. The average molecular weight is 435 g/mol. The molecule has 0 saturated heterocycles. The number of hydrogen-bond donors (Lipinski definition) is 0. The first-order valence-electron chi connectivity index (χ1n) is 9.61. The maximum absolute atomic E-state index is 13.8. The van der Waals surface area contributed by atoms with Crippen molar-refractivity contribution in [2.45, 2.75) is 96.4 Å². The van der Waals surface area contributed by atoms with E-state index in [1.54, 1.807) is 34.6 Å². The molecular formula is C19H32F6O2Si. The molecule has 2 nitrogen and oxygen atoms in total. The van der Waals surface area contributed by atoms with E-state index in [0.29, 0.717) is 19.3 Å². The Kier molecular flexibility index (Phi) is 9.97. The third kappa shape index (κ3) is 6.90. The molecule has 0 radical (unpaired) electrons. The molecule has 0 atom stereocenters. The van der Waals surface area contributed by atoms with Crippen molar-refractivity contribution in [1.82, 2.24) is 0 Å². The van der Waals surface area contributed by atoms with Gasteiger partial charge in [0.05, 0.1) is 0 Å². The van der Waals surface area contributed by atoms with Crippen LogP contribution in [0.3, 0.4) is 0 Å². The van der Waals surface area contributed by atoms with Gasteiger partial charge in [0.2, 0.25) is 0 Å². The van der Waals surface area contributed by atoms with Crippen molar-refractivity contribution in [3.63, 3.8) is 0 Å². The number of carbonyl (C=O) groups is 1. The lowest BCUT2D eigenvalue weighted by Gasteiger charge is -2.42. The molecule has 0 saturated carbocycles. The van der Waals surface area contributed by atoms with Crippen LogP contribution in [0.15, 0.2) is 12.2 Å². The Hall–Kier alpha value is -0.833. The summed E-state index contributed by atoms with van der Waals surface area (Å²) in [5.74, 6) is 0.